The van der Waals surface area contributed by atoms with E-state index in [2.05, 4.69) is 0 Å². The van der Waals surface area contributed by atoms with Crippen LogP contribution < -0.4 is 0 Å². The van der Waals surface area contributed by atoms with Crippen molar-refractivity contribution < 1.29 is 24.5 Å². The van der Waals surface area contributed by atoms with Crippen LogP contribution in [-0.2, 0) is 16.1 Å². The van der Waals surface area contributed by atoms with Gasteiger partial charge in [-0.2, -0.15) is 0 Å². The molecule has 0 aliphatic rings. The predicted octanol–water partition coefficient (Wildman–Crippen LogP) is 1.31. The van der Waals surface area contributed by atoms with Crippen molar-refractivity contribution in [2.24, 2.45) is 0 Å². The first-order valence-electron chi connectivity index (χ1n) is 6.28. The Morgan fingerprint density at radius 1 is 1.25 bits per heavy atom. The summed E-state index contributed by atoms with van der Waals surface area (Å²) in [6.45, 7) is 1.99. The smallest absolute Gasteiger partial charge is 0.335 e. The first-order valence-corrected chi connectivity index (χ1v) is 6.28. The van der Waals surface area contributed by atoms with Gasteiger partial charge in [0.15, 0.2) is 0 Å². The maximum atomic E-state index is 10.9. The summed E-state index contributed by atoms with van der Waals surface area (Å²) in [7, 11) is 1.58. The Morgan fingerprint density at radius 2 is 2.00 bits per heavy atom. The van der Waals surface area contributed by atoms with E-state index in [1.54, 1.807) is 19.2 Å². The van der Waals surface area contributed by atoms with Crippen molar-refractivity contribution in [1.82, 2.24) is 4.90 Å². The van der Waals surface area contributed by atoms with Crippen LogP contribution >= 0.6 is 0 Å². The number of methoxy groups -OCH3 is 1. The summed E-state index contributed by atoms with van der Waals surface area (Å²) in [5, 5.41) is 17.7. The van der Waals surface area contributed by atoms with E-state index in [0.717, 1.165) is 5.56 Å². The fourth-order valence-electron chi connectivity index (χ4n) is 1.80. The molecule has 0 radical (unpaired) electrons. The molecule has 0 atom stereocenters. The number of benzene rings is 1. The highest BCUT2D eigenvalue weighted by Gasteiger charge is 2.10. The van der Waals surface area contributed by atoms with Gasteiger partial charge in [0.1, 0.15) is 0 Å². The minimum absolute atomic E-state index is 0.0440. The van der Waals surface area contributed by atoms with Gasteiger partial charge >= 0.3 is 11.9 Å². The van der Waals surface area contributed by atoms with Crippen LogP contribution in [0.4, 0.5) is 0 Å². The third-order valence-electron chi connectivity index (χ3n) is 2.83. The fourth-order valence-corrected chi connectivity index (χ4v) is 1.80. The second-order valence-corrected chi connectivity index (χ2v) is 4.42. The van der Waals surface area contributed by atoms with E-state index >= 15 is 0 Å². The monoisotopic (exact) mass is 281 g/mol. The van der Waals surface area contributed by atoms with Gasteiger partial charge in [-0.25, -0.2) is 4.79 Å². The summed E-state index contributed by atoms with van der Waals surface area (Å²) in [6.07, 6.45) is 0.0440. The maximum Gasteiger partial charge on any atom is 0.335 e. The molecule has 6 heteroatoms. The van der Waals surface area contributed by atoms with E-state index in [-0.39, 0.29) is 12.0 Å². The summed E-state index contributed by atoms with van der Waals surface area (Å²) < 4.78 is 5.00. The molecule has 110 valence electrons. The van der Waals surface area contributed by atoms with Gasteiger partial charge in [-0.3, -0.25) is 9.69 Å². The van der Waals surface area contributed by atoms with Gasteiger partial charge in [0, 0.05) is 26.7 Å². The third kappa shape index (κ3) is 5.81. The summed E-state index contributed by atoms with van der Waals surface area (Å²) in [4.78, 5) is 23.5. The number of aliphatic carboxylic acids is 1. The molecule has 0 saturated carbocycles. The zero-order chi connectivity index (χ0) is 15.0. The Morgan fingerprint density at radius 3 is 2.60 bits per heavy atom. The fraction of sp³-hybridized carbons (Fsp3) is 0.429. The highest BCUT2D eigenvalue weighted by molar-refractivity contribution is 5.87. The lowest BCUT2D eigenvalue weighted by Gasteiger charge is -2.21. The van der Waals surface area contributed by atoms with Crippen LogP contribution in [0.3, 0.4) is 0 Å². The molecule has 0 amide bonds. The van der Waals surface area contributed by atoms with Gasteiger partial charge in [-0.1, -0.05) is 12.1 Å². The molecule has 2 N–H and O–H groups in total. The average Bonchev–Trinajstić information content (AvgIpc) is 2.42. The van der Waals surface area contributed by atoms with Crippen LogP contribution in [0.15, 0.2) is 24.3 Å². The molecule has 0 aliphatic carbocycles. The molecule has 1 aromatic carbocycles. The Kier molecular flexibility index (Phi) is 6.69. The van der Waals surface area contributed by atoms with E-state index < -0.39 is 11.9 Å². The molecular formula is C14H19NO5. The van der Waals surface area contributed by atoms with Crippen molar-refractivity contribution in [3.63, 3.8) is 0 Å². The number of hydrogen-bond acceptors (Lipinski definition) is 4. The molecule has 0 spiro atoms. The number of hydrogen-bond donors (Lipinski definition) is 2. The number of nitrogens with zero attached hydrogens (tertiary/aromatic N) is 1. The molecule has 1 aromatic rings. The van der Waals surface area contributed by atoms with Crippen molar-refractivity contribution in [3.05, 3.63) is 35.4 Å². The highest BCUT2D eigenvalue weighted by atomic mass is 16.5. The van der Waals surface area contributed by atoms with E-state index in [0.29, 0.717) is 26.2 Å². The molecule has 0 bridgehead atoms. The standard InChI is InChI=1S/C14H19NO5/c1-20-8-7-15(6-5-13(16)17)10-11-3-2-4-12(9-11)14(18)19/h2-4,9H,5-8,10H2,1H3,(H,16,17)(H,18,19). The van der Waals surface area contributed by atoms with E-state index in [1.807, 2.05) is 11.0 Å². The number of aromatic carboxylic acids is 1. The summed E-state index contributed by atoms with van der Waals surface area (Å²) in [6, 6.07) is 6.64. The second-order valence-electron chi connectivity index (χ2n) is 4.42. The highest BCUT2D eigenvalue weighted by Crippen LogP contribution is 2.09. The SMILES string of the molecule is COCCN(CCC(=O)O)Cc1cccc(C(=O)O)c1. The van der Waals surface area contributed by atoms with Crippen molar-refractivity contribution in [1.29, 1.82) is 0 Å². The topological polar surface area (TPSA) is 87.1 Å². The quantitative estimate of drug-likeness (QED) is 0.709. The van der Waals surface area contributed by atoms with Gasteiger partial charge in [-0.05, 0) is 17.7 Å². The van der Waals surface area contributed by atoms with Crippen LogP contribution in [0.25, 0.3) is 0 Å². The molecule has 1 rings (SSSR count). The second kappa shape index (κ2) is 8.29. The molecule has 0 aromatic heterocycles. The zero-order valence-electron chi connectivity index (χ0n) is 11.4. The molecular weight excluding hydrogens is 262 g/mol. The number of carbonyl (C=O) groups is 2. The zero-order valence-corrected chi connectivity index (χ0v) is 11.4. The number of carboxylic acids is 2. The van der Waals surface area contributed by atoms with Crippen molar-refractivity contribution in [2.75, 3.05) is 26.8 Å². The van der Waals surface area contributed by atoms with Crippen LogP contribution in [0.5, 0.6) is 0 Å². The lowest BCUT2D eigenvalue weighted by atomic mass is 10.1. The molecule has 0 aliphatic heterocycles. The van der Waals surface area contributed by atoms with Gasteiger partial charge in [0.05, 0.1) is 18.6 Å². The Bertz CT molecular complexity index is 461. The van der Waals surface area contributed by atoms with Crippen molar-refractivity contribution >= 4 is 11.9 Å². The van der Waals surface area contributed by atoms with Gasteiger partial charge in [-0.15, -0.1) is 0 Å². The predicted molar refractivity (Wildman–Crippen MR) is 72.8 cm³/mol. The summed E-state index contributed by atoms with van der Waals surface area (Å²) in [5.74, 6) is -1.83. The molecule has 20 heavy (non-hydrogen) atoms. The first-order chi connectivity index (χ1) is 9.52. The van der Waals surface area contributed by atoms with E-state index in [9.17, 15) is 9.59 Å². The van der Waals surface area contributed by atoms with Crippen molar-refractivity contribution in [2.45, 2.75) is 13.0 Å². The normalized spacial score (nSPS) is 10.7. The molecule has 0 unspecified atom stereocenters. The minimum Gasteiger partial charge on any atom is -0.481 e. The average molecular weight is 281 g/mol. The third-order valence-corrected chi connectivity index (χ3v) is 2.83. The number of rotatable bonds is 9. The van der Waals surface area contributed by atoms with Crippen LogP contribution in [0, 0.1) is 0 Å². The Labute approximate surface area is 117 Å². The molecule has 0 saturated heterocycles. The lowest BCUT2D eigenvalue weighted by molar-refractivity contribution is -0.137. The maximum absolute atomic E-state index is 10.9. The minimum atomic E-state index is -0.971. The van der Waals surface area contributed by atoms with Crippen LogP contribution in [-0.4, -0.2) is 53.9 Å². The Hall–Kier alpha value is -1.92. The summed E-state index contributed by atoms with van der Waals surface area (Å²) >= 11 is 0. The van der Waals surface area contributed by atoms with E-state index in [4.69, 9.17) is 14.9 Å². The largest absolute Gasteiger partial charge is 0.481 e. The molecule has 0 fully saturated rings. The number of ether oxygens (including phenoxy) is 1. The number of carboxylic acid groups (broad SMARTS) is 2. The van der Waals surface area contributed by atoms with Gasteiger partial charge in [0.25, 0.3) is 0 Å². The van der Waals surface area contributed by atoms with Crippen LogP contribution in [0.1, 0.15) is 22.3 Å². The Balaban J connectivity index is 2.69. The van der Waals surface area contributed by atoms with Gasteiger partial charge in [0.2, 0.25) is 0 Å². The summed E-state index contributed by atoms with van der Waals surface area (Å²) in [5.41, 5.74) is 1.07. The lowest BCUT2D eigenvalue weighted by Crippen LogP contribution is -2.29. The van der Waals surface area contributed by atoms with E-state index in [1.165, 1.54) is 6.07 Å². The molecule has 6 nitrogen and oxygen atoms in total. The van der Waals surface area contributed by atoms with Crippen LogP contribution in [0.2, 0.25) is 0 Å². The van der Waals surface area contributed by atoms with Crippen molar-refractivity contribution in [3.8, 4) is 0 Å². The first kappa shape index (κ1) is 16.1. The van der Waals surface area contributed by atoms with Gasteiger partial charge < -0.3 is 14.9 Å². The molecule has 0 heterocycles.